The van der Waals surface area contributed by atoms with Gasteiger partial charge < -0.3 is 10.1 Å². The number of hydrogen-bond donors (Lipinski definition) is 1. The first kappa shape index (κ1) is 21.0. The molecule has 1 atom stereocenters. The molecule has 0 spiro atoms. The Morgan fingerprint density at radius 2 is 1.74 bits per heavy atom. The third kappa shape index (κ3) is 4.42. The van der Waals surface area contributed by atoms with E-state index < -0.39 is 11.7 Å². The fourth-order valence-corrected chi connectivity index (χ4v) is 3.80. The van der Waals surface area contributed by atoms with Gasteiger partial charge in [0.25, 0.3) is 5.91 Å². The third-order valence-corrected chi connectivity index (χ3v) is 5.48. The van der Waals surface area contributed by atoms with Crippen molar-refractivity contribution in [1.29, 1.82) is 0 Å². The average molecular weight is 429 g/mol. The molecule has 0 saturated heterocycles. The smallest absolute Gasteiger partial charge is 0.416 e. The zero-order valence-electron chi connectivity index (χ0n) is 17.2. The van der Waals surface area contributed by atoms with Crippen molar-refractivity contribution >= 4 is 5.91 Å². The van der Waals surface area contributed by atoms with Crippen LogP contribution in [-0.2, 0) is 26.2 Å². The first-order chi connectivity index (χ1) is 14.7. The van der Waals surface area contributed by atoms with Gasteiger partial charge in [-0.25, -0.2) is 0 Å². The highest BCUT2D eigenvalue weighted by molar-refractivity contribution is 5.94. The van der Waals surface area contributed by atoms with E-state index >= 15 is 0 Å². The molecule has 2 aromatic carbocycles. The lowest BCUT2D eigenvalue weighted by Crippen LogP contribution is -2.26. The van der Waals surface area contributed by atoms with Gasteiger partial charge in [0.05, 0.1) is 11.3 Å². The van der Waals surface area contributed by atoms with Crippen molar-refractivity contribution in [3.63, 3.8) is 0 Å². The standard InChI is InChI=1S/C23H22F3N3O2/c1-14-3-12-19-20(14)28-29(2)21(19)22(30)27-13-15-4-8-17(9-5-15)31-18-10-6-16(7-11-18)23(24,25)26/h4-11,14H,3,12-13H2,1-2H3,(H,27,30)/t14-/m1/s1. The lowest BCUT2D eigenvalue weighted by atomic mass is 10.1. The van der Waals surface area contributed by atoms with E-state index in [1.54, 1.807) is 36.0 Å². The summed E-state index contributed by atoms with van der Waals surface area (Å²) in [6.45, 7) is 2.46. The topological polar surface area (TPSA) is 56.2 Å². The van der Waals surface area contributed by atoms with Gasteiger partial charge in [-0.3, -0.25) is 9.48 Å². The van der Waals surface area contributed by atoms with E-state index in [4.69, 9.17) is 4.74 Å². The number of nitrogens with one attached hydrogen (secondary N) is 1. The monoisotopic (exact) mass is 429 g/mol. The molecule has 1 aliphatic rings. The molecule has 5 nitrogen and oxygen atoms in total. The first-order valence-electron chi connectivity index (χ1n) is 10.0. The number of hydrogen-bond acceptors (Lipinski definition) is 3. The summed E-state index contributed by atoms with van der Waals surface area (Å²) in [7, 11) is 1.79. The van der Waals surface area contributed by atoms with Crippen LogP contribution in [-0.4, -0.2) is 15.7 Å². The number of nitrogens with zero attached hydrogens (tertiary/aromatic N) is 2. The third-order valence-electron chi connectivity index (χ3n) is 5.48. The molecule has 3 aromatic rings. The van der Waals surface area contributed by atoms with Crippen LogP contribution < -0.4 is 10.1 Å². The van der Waals surface area contributed by atoms with Crippen molar-refractivity contribution in [1.82, 2.24) is 15.1 Å². The highest BCUT2D eigenvalue weighted by Gasteiger charge is 2.30. The molecular weight excluding hydrogens is 407 g/mol. The van der Waals surface area contributed by atoms with Crippen LogP contribution in [0.2, 0.25) is 0 Å². The van der Waals surface area contributed by atoms with Gasteiger partial charge in [-0.2, -0.15) is 18.3 Å². The highest BCUT2D eigenvalue weighted by Crippen LogP contribution is 2.34. The van der Waals surface area contributed by atoms with Crippen LogP contribution >= 0.6 is 0 Å². The van der Waals surface area contributed by atoms with Gasteiger partial charge in [0.2, 0.25) is 0 Å². The predicted octanol–water partition coefficient (Wildman–Crippen LogP) is 5.21. The second kappa shape index (κ2) is 8.09. The van der Waals surface area contributed by atoms with E-state index in [-0.39, 0.29) is 5.91 Å². The molecular formula is C23H22F3N3O2. The number of carbonyl (C=O) groups is 1. The van der Waals surface area contributed by atoms with Gasteiger partial charge >= 0.3 is 6.18 Å². The molecule has 31 heavy (non-hydrogen) atoms. The summed E-state index contributed by atoms with van der Waals surface area (Å²) in [4.78, 5) is 12.7. The summed E-state index contributed by atoms with van der Waals surface area (Å²) < 4.78 is 45.2. The molecule has 0 bridgehead atoms. The molecule has 0 unspecified atom stereocenters. The molecule has 0 aliphatic heterocycles. The van der Waals surface area contributed by atoms with E-state index in [0.717, 1.165) is 41.8 Å². The molecule has 0 radical (unpaired) electrons. The first-order valence-corrected chi connectivity index (χ1v) is 10.0. The molecule has 1 amide bonds. The van der Waals surface area contributed by atoms with Crippen molar-refractivity contribution in [2.75, 3.05) is 0 Å². The van der Waals surface area contributed by atoms with E-state index in [2.05, 4.69) is 17.3 Å². The van der Waals surface area contributed by atoms with Crippen LogP contribution in [0.25, 0.3) is 0 Å². The normalized spacial score (nSPS) is 15.6. The Morgan fingerprint density at radius 1 is 1.13 bits per heavy atom. The number of carbonyl (C=O) groups excluding carboxylic acids is 1. The minimum Gasteiger partial charge on any atom is -0.457 e. The number of rotatable bonds is 5. The maximum atomic E-state index is 12.7. The SMILES string of the molecule is C[C@@H]1CCc2c1nn(C)c2C(=O)NCc1ccc(Oc2ccc(C(F)(F)F)cc2)cc1. The number of aryl methyl sites for hydroxylation is 1. The summed E-state index contributed by atoms with van der Waals surface area (Å²) in [6.07, 6.45) is -2.50. The number of halogens is 3. The number of aromatic nitrogens is 2. The molecule has 0 fully saturated rings. The second-order valence-electron chi connectivity index (χ2n) is 7.73. The quantitative estimate of drug-likeness (QED) is 0.606. The van der Waals surface area contributed by atoms with E-state index in [9.17, 15) is 18.0 Å². The van der Waals surface area contributed by atoms with Gasteiger partial charge in [-0.1, -0.05) is 19.1 Å². The molecule has 1 heterocycles. The lowest BCUT2D eigenvalue weighted by Gasteiger charge is -2.10. The Labute approximate surface area is 177 Å². The number of alkyl halides is 3. The largest absolute Gasteiger partial charge is 0.457 e. The zero-order chi connectivity index (χ0) is 22.2. The molecule has 8 heteroatoms. The van der Waals surface area contributed by atoms with Crippen molar-refractivity contribution in [3.8, 4) is 11.5 Å². The van der Waals surface area contributed by atoms with Gasteiger partial charge in [0.1, 0.15) is 17.2 Å². The molecule has 4 rings (SSSR count). The Bertz CT molecular complexity index is 1090. The van der Waals surface area contributed by atoms with E-state index in [0.29, 0.717) is 29.7 Å². The van der Waals surface area contributed by atoms with Gasteiger partial charge in [0.15, 0.2) is 0 Å². The van der Waals surface area contributed by atoms with Crippen LogP contribution in [0.5, 0.6) is 11.5 Å². The molecule has 162 valence electrons. The molecule has 0 saturated carbocycles. The maximum absolute atomic E-state index is 12.7. The van der Waals surface area contributed by atoms with E-state index in [1.165, 1.54) is 12.1 Å². The van der Waals surface area contributed by atoms with Crippen LogP contribution in [0, 0.1) is 0 Å². The average Bonchev–Trinajstić information content (AvgIpc) is 3.25. The molecule has 1 N–H and O–H groups in total. The van der Waals surface area contributed by atoms with Crippen molar-refractivity contribution in [2.45, 2.75) is 38.4 Å². The summed E-state index contributed by atoms with van der Waals surface area (Å²) in [5, 5.41) is 7.42. The lowest BCUT2D eigenvalue weighted by molar-refractivity contribution is -0.137. The van der Waals surface area contributed by atoms with Crippen LogP contribution in [0.4, 0.5) is 13.2 Å². The molecule has 1 aromatic heterocycles. The summed E-state index contributed by atoms with van der Waals surface area (Å²) >= 11 is 0. The van der Waals surface area contributed by atoms with Crippen molar-refractivity contribution in [2.24, 2.45) is 7.05 Å². The number of benzene rings is 2. The van der Waals surface area contributed by atoms with Gasteiger partial charge in [-0.15, -0.1) is 0 Å². The summed E-state index contributed by atoms with van der Waals surface area (Å²) in [6, 6.07) is 11.6. The number of amides is 1. The Balaban J connectivity index is 1.36. The highest BCUT2D eigenvalue weighted by atomic mass is 19.4. The van der Waals surface area contributed by atoms with Crippen molar-refractivity contribution < 1.29 is 22.7 Å². The Hall–Kier alpha value is -3.29. The Morgan fingerprint density at radius 3 is 2.35 bits per heavy atom. The van der Waals surface area contributed by atoms with Crippen LogP contribution in [0.3, 0.4) is 0 Å². The number of ether oxygens (including phenoxy) is 1. The second-order valence-corrected chi connectivity index (χ2v) is 7.73. The van der Waals surface area contributed by atoms with Gasteiger partial charge in [-0.05, 0) is 54.8 Å². The summed E-state index contributed by atoms with van der Waals surface area (Å²) in [5.41, 5.74) is 2.81. The summed E-state index contributed by atoms with van der Waals surface area (Å²) in [5.74, 6) is 1.03. The Kier molecular flexibility index (Phi) is 5.47. The fourth-order valence-electron chi connectivity index (χ4n) is 3.80. The fraction of sp³-hybridized carbons (Fsp3) is 0.304. The van der Waals surface area contributed by atoms with Gasteiger partial charge in [0, 0.05) is 25.1 Å². The van der Waals surface area contributed by atoms with Crippen LogP contribution in [0.15, 0.2) is 48.5 Å². The minimum absolute atomic E-state index is 0.157. The van der Waals surface area contributed by atoms with Crippen molar-refractivity contribution in [3.05, 3.63) is 76.6 Å². The zero-order valence-corrected chi connectivity index (χ0v) is 17.2. The number of fused-ring (bicyclic) bond motifs is 1. The predicted molar refractivity (Wildman–Crippen MR) is 109 cm³/mol. The molecule has 1 aliphatic carbocycles. The van der Waals surface area contributed by atoms with E-state index in [1.807, 2.05) is 0 Å². The minimum atomic E-state index is -4.38. The maximum Gasteiger partial charge on any atom is 0.416 e. The van der Waals surface area contributed by atoms with Crippen LogP contribution in [0.1, 0.15) is 52.1 Å².